The van der Waals surface area contributed by atoms with Gasteiger partial charge in [0.05, 0.1) is 18.5 Å². The number of hydrogen-bond acceptors (Lipinski definition) is 3. The van der Waals surface area contributed by atoms with Gasteiger partial charge in [0.15, 0.2) is 0 Å². The van der Waals surface area contributed by atoms with Gasteiger partial charge in [0.2, 0.25) is 0 Å². The lowest BCUT2D eigenvalue weighted by atomic mass is 9.93. The smallest absolute Gasteiger partial charge is 0.148 e. The molecule has 0 radical (unpaired) electrons. The summed E-state index contributed by atoms with van der Waals surface area (Å²) >= 11 is 0. The van der Waals surface area contributed by atoms with E-state index in [1.54, 1.807) is 7.11 Å². The first-order chi connectivity index (χ1) is 8.86. The topological polar surface area (TPSA) is 49.4 Å². The Hall–Kier alpha value is -1.97. The highest BCUT2D eigenvalue weighted by Crippen LogP contribution is 2.23. The van der Waals surface area contributed by atoms with Crippen molar-refractivity contribution in [1.82, 2.24) is 10.3 Å². The molecular weight excluding hydrogens is 226 g/mol. The molecule has 1 fully saturated rings. The fourth-order valence-corrected chi connectivity index (χ4v) is 2.08. The average Bonchev–Trinajstić information content (AvgIpc) is 2.95. The number of ether oxygens (including phenoxy) is 1. The number of nitrogens with zero attached hydrogens (tertiary/aromatic N) is 1. The van der Waals surface area contributed by atoms with E-state index in [9.17, 15) is 0 Å². The van der Waals surface area contributed by atoms with Crippen LogP contribution in [0.25, 0.3) is 0 Å². The fourth-order valence-electron chi connectivity index (χ4n) is 2.08. The van der Waals surface area contributed by atoms with Gasteiger partial charge in [-0.15, -0.1) is 0 Å². The second-order valence-electron chi connectivity index (χ2n) is 4.62. The van der Waals surface area contributed by atoms with Crippen molar-refractivity contribution in [3.63, 3.8) is 0 Å². The van der Waals surface area contributed by atoms with Crippen LogP contribution in [0.2, 0.25) is 0 Å². The standard InChI is InChI=1S/C14H17N3O/c1-18-14-8-12(11-6-3-7-15-11)17-13(14)9-16-10-4-2-5-10/h3,6-10,15-16H,2,4-5H2,1H3/b13-9-. The van der Waals surface area contributed by atoms with Crippen LogP contribution in [0.1, 0.15) is 25.0 Å². The first kappa shape index (κ1) is 11.1. The first-order valence-electron chi connectivity index (χ1n) is 6.31. The summed E-state index contributed by atoms with van der Waals surface area (Å²) < 4.78 is 5.36. The monoisotopic (exact) mass is 243 g/mol. The minimum atomic E-state index is 0.611. The lowest BCUT2D eigenvalue weighted by molar-refractivity contribution is 0.301. The Bertz CT molecular complexity index is 507. The van der Waals surface area contributed by atoms with Crippen LogP contribution in [0.5, 0.6) is 0 Å². The van der Waals surface area contributed by atoms with Crippen LogP contribution in [0.3, 0.4) is 0 Å². The van der Waals surface area contributed by atoms with Crippen LogP contribution in [-0.4, -0.2) is 23.8 Å². The number of allylic oxidation sites excluding steroid dienone is 1. The zero-order valence-corrected chi connectivity index (χ0v) is 10.4. The van der Waals surface area contributed by atoms with Gasteiger partial charge in [-0.1, -0.05) is 0 Å². The van der Waals surface area contributed by atoms with Crippen LogP contribution in [0.15, 0.2) is 47.1 Å². The maximum atomic E-state index is 5.36. The number of H-pyrrole nitrogens is 1. The maximum Gasteiger partial charge on any atom is 0.148 e. The number of rotatable bonds is 4. The quantitative estimate of drug-likeness (QED) is 0.852. The van der Waals surface area contributed by atoms with Gasteiger partial charge in [0.25, 0.3) is 0 Å². The van der Waals surface area contributed by atoms with Crippen LogP contribution in [0.4, 0.5) is 0 Å². The number of nitrogens with one attached hydrogen (secondary N) is 2. The van der Waals surface area contributed by atoms with Gasteiger partial charge in [0, 0.05) is 24.5 Å². The van der Waals surface area contributed by atoms with Gasteiger partial charge in [-0.3, -0.25) is 0 Å². The van der Waals surface area contributed by atoms with E-state index < -0.39 is 0 Å². The van der Waals surface area contributed by atoms with Crippen molar-refractivity contribution in [2.75, 3.05) is 7.11 Å². The summed E-state index contributed by atoms with van der Waals surface area (Å²) in [6.45, 7) is 0. The molecule has 0 atom stereocenters. The molecule has 2 N–H and O–H groups in total. The number of hydrogen-bond donors (Lipinski definition) is 2. The van der Waals surface area contributed by atoms with E-state index in [0.29, 0.717) is 6.04 Å². The summed E-state index contributed by atoms with van der Waals surface area (Å²) in [7, 11) is 1.68. The van der Waals surface area contributed by atoms with Crippen LogP contribution >= 0.6 is 0 Å². The van der Waals surface area contributed by atoms with Gasteiger partial charge < -0.3 is 15.0 Å². The van der Waals surface area contributed by atoms with Gasteiger partial charge >= 0.3 is 0 Å². The maximum absolute atomic E-state index is 5.36. The minimum Gasteiger partial charge on any atom is -0.494 e. The van der Waals surface area contributed by atoms with Crippen molar-refractivity contribution < 1.29 is 4.74 Å². The molecular formula is C14H17N3O. The Morgan fingerprint density at radius 2 is 2.39 bits per heavy atom. The van der Waals surface area contributed by atoms with E-state index >= 15 is 0 Å². The molecule has 0 bridgehead atoms. The average molecular weight is 243 g/mol. The van der Waals surface area contributed by atoms with Gasteiger partial charge in [-0.05, 0) is 31.4 Å². The SMILES string of the molecule is COC1=CC(c2ccc[nH]2)=N/C1=C\NC1CCC1. The molecule has 2 heterocycles. The minimum absolute atomic E-state index is 0.611. The molecule has 0 saturated heterocycles. The summed E-state index contributed by atoms with van der Waals surface area (Å²) in [5, 5.41) is 3.39. The Morgan fingerprint density at radius 3 is 3.00 bits per heavy atom. The molecule has 94 valence electrons. The summed E-state index contributed by atoms with van der Waals surface area (Å²) in [6.07, 6.45) is 9.65. The molecule has 0 aromatic carbocycles. The summed E-state index contributed by atoms with van der Waals surface area (Å²) in [6, 6.07) is 4.58. The first-order valence-corrected chi connectivity index (χ1v) is 6.31. The van der Waals surface area contributed by atoms with Crippen molar-refractivity contribution >= 4 is 5.71 Å². The molecule has 18 heavy (non-hydrogen) atoms. The normalized spacial score (nSPS) is 21.5. The predicted molar refractivity (Wildman–Crippen MR) is 71.3 cm³/mol. The summed E-state index contributed by atoms with van der Waals surface area (Å²) in [4.78, 5) is 7.73. The number of aromatic amines is 1. The molecule has 1 aliphatic carbocycles. The number of aromatic nitrogens is 1. The van der Waals surface area contributed by atoms with E-state index in [1.807, 2.05) is 30.6 Å². The molecule has 4 nitrogen and oxygen atoms in total. The van der Waals surface area contributed by atoms with Crippen LogP contribution in [0, 0.1) is 0 Å². The third-order valence-corrected chi connectivity index (χ3v) is 3.42. The van der Waals surface area contributed by atoms with Crippen molar-refractivity contribution in [3.05, 3.63) is 47.8 Å². The Morgan fingerprint density at radius 1 is 1.50 bits per heavy atom. The van der Waals surface area contributed by atoms with Crippen LogP contribution in [-0.2, 0) is 4.74 Å². The number of methoxy groups -OCH3 is 1. The summed E-state index contributed by atoms with van der Waals surface area (Å²) in [5.74, 6) is 0.812. The zero-order chi connectivity index (χ0) is 12.4. The summed E-state index contributed by atoms with van der Waals surface area (Å²) in [5.41, 5.74) is 2.80. The molecule has 3 rings (SSSR count). The van der Waals surface area contributed by atoms with Crippen molar-refractivity contribution in [2.45, 2.75) is 25.3 Å². The van der Waals surface area contributed by atoms with E-state index in [-0.39, 0.29) is 0 Å². The molecule has 4 heteroatoms. The largest absolute Gasteiger partial charge is 0.494 e. The van der Waals surface area contributed by atoms with E-state index in [4.69, 9.17) is 4.74 Å². The highest BCUT2D eigenvalue weighted by Gasteiger charge is 2.19. The number of aliphatic imine (C=N–C) groups is 1. The lowest BCUT2D eigenvalue weighted by Gasteiger charge is -2.25. The highest BCUT2D eigenvalue weighted by atomic mass is 16.5. The molecule has 0 unspecified atom stereocenters. The Labute approximate surface area is 106 Å². The van der Waals surface area contributed by atoms with Crippen molar-refractivity contribution in [3.8, 4) is 0 Å². The molecule has 2 aliphatic rings. The molecule has 1 aromatic rings. The third kappa shape index (κ3) is 2.06. The van der Waals surface area contributed by atoms with E-state index in [0.717, 1.165) is 22.9 Å². The van der Waals surface area contributed by atoms with Crippen molar-refractivity contribution in [2.24, 2.45) is 4.99 Å². The molecule has 0 spiro atoms. The van der Waals surface area contributed by atoms with Gasteiger partial charge in [-0.25, -0.2) is 4.99 Å². The molecule has 0 amide bonds. The van der Waals surface area contributed by atoms with E-state index in [2.05, 4.69) is 15.3 Å². The Balaban J connectivity index is 1.79. The van der Waals surface area contributed by atoms with Gasteiger partial charge in [0.1, 0.15) is 11.5 Å². The fraction of sp³-hybridized carbons (Fsp3) is 0.357. The molecule has 1 saturated carbocycles. The molecule has 1 aliphatic heterocycles. The lowest BCUT2D eigenvalue weighted by Crippen LogP contribution is -2.31. The second-order valence-corrected chi connectivity index (χ2v) is 4.62. The highest BCUT2D eigenvalue weighted by molar-refractivity contribution is 6.10. The third-order valence-electron chi connectivity index (χ3n) is 3.42. The van der Waals surface area contributed by atoms with E-state index in [1.165, 1.54) is 19.3 Å². The zero-order valence-electron chi connectivity index (χ0n) is 10.4. The van der Waals surface area contributed by atoms with Gasteiger partial charge in [-0.2, -0.15) is 0 Å². The molecule has 1 aromatic heterocycles. The van der Waals surface area contributed by atoms with Crippen molar-refractivity contribution in [1.29, 1.82) is 0 Å². The Kier molecular flexibility index (Phi) is 2.92. The second kappa shape index (κ2) is 4.72. The van der Waals surface area contributed by atoms with Crippen LogP contribution < -0.4 is 5.32 Å². The predicted octanol–water partition coefficient (Wildman–Crippen LogP) is 2.33.